The summed E-state index contributed by atoms with van der Waals surface area (Å²) in [5, 5.41) is 5.07. The van der Waals surface area contributed by atoms with E-state index in [1.54, 1.807) is 43.5 Å². The van der Waals surface area contributed by atoms with E-state index in [2.05, 4.69) is 15.6 Å². The summed E-state index contributed by atoms with van der Waals surface area (Å²) in [5.74, 6) is -0.848. The Balaban J connectivity index is 1.77. The van der Waals surface area contributed by atoms with Crippen LogP contribution in [0.15, 0.2) is 60.8 Å². The Morgan fingerprint density at radius 1 is 1.08 bits per heavy atom. The molecule has 3 aromatic rings. The summed E-state index contributed by atoms with van der Waals surface area (Å²) in [6.45, 7) is 3.04. The number of nitrogens with zero attached hydrogens (tertiary/aromatic N) is 1. The number of hydrogen-bond acceptors (Lipinski definition) is 5. The molecule has 0 spiro atoms. The molecule has 0 fully saturated rings. The third kappa shape index (κ3) is 7.71. The molecule has 0 saturated heterocycles. The molecule has 1 amide bonds. The number of nitrogens with one attached hydrogen (secondary N) is 2. The second kappa shape index (κ2) is 11.9. The fourth-order valence-electron chi connectivity index (χ4n) is 3.50. The van der Waals surface area contributed by atoms with Crippen molar-refractivity contribution >= 4 is 40.5 Å². The predicted molar refractivity (Wildman–Crippen MR) is 132 cm³/mol. The molecule has 2 aromatic carbocycles. The zero-order chi connectivity index (χ0) is 26.3. The van der Waals surface area contributed by atoms with Crippen LogP contribution < -0.4 is 10.6 Å². The predicted octanol–water partition coefficient (Wildman–Crippen LogP) is 7.08. The number of carbonyl (C=O) groups excluding carboxylic acids is 2. The molecule has 10 heteroatoms. The molecule has 1 unspecified atom stereocenters. The van der Waals surface area contributed by atoms with Gasteiger partial charge in [0, 0.05) is 30.9 Å². The standard InChI is InChI=1S/C26H25ClF3N3O3/c1-16(36-17(2)34)18-9-11-20(12-10-18)32-24-15-22(27)21(26(28,29)30)14-23(24)33-25(35)8-5-7-19-6-3-4-13-31-19/h3-4,6,9-16,32H,5,7-8H2,1-2H3,(H,33,35). The molecule has 0 aliphatic rings. The first-order chi connectivity index (χ1) is 17.0. The van der Waals surface area contributed by atoms with Crippen molar-refractivity contribution in [2.24, 2.45) is 0 Å². The molecular formula is C26H25ClF3N3O3. The normalized spacial score (nSPS) is 12.1. The Hall–Kier alpha value is -3.59. The van der Waals surface area contributed by atoms with E-state index in [0.717, 1.165) is 23.4 Å². The van der Waals surface area contributed by atoms with Crippen molar-refractivity contribution < 1.29 is 27.5 Å². The van der Waals surface area contributed by atoms with Gasteiger partial charge in [0.2, 0.25) is 5.91 Å². The SMILES string of the molecule is CC(=O)OC(C)c1ccc(Nc2cc(Cl)c(C(F)(F)F)cc2NC(=O)CCCc2ccccn2)cc1. The number of aromatic nitrogens is 1. The number of esters is 1. The van der Waals surface area contributed by atoms with Crippen molar-refractivity contribution in [3.63, 3.8) is 0 Å². The number of carbonyl (C=O) groups is 2. The van der Waals surface area contributed by atoms with Crippen LogP contribution in [0.25, 0.3) is 0 Å². The monoisotopic (exact) mass is 519 g/mol. The molecule has 3 rings (SSSR count). The summed E-state index contributed by atoms with van der Waals surface area (Å²) in [5.41, 5.74) is 1.20. The molecule has 0 saturated carbocycles. The maximum atomic E-state index is 13.5. The molecule has 36 heavy (non-hydrogen) atoms. The number of hydrogen-bond donors (Lipinski definition) is 2. The van der Waals surface area contributed by atoms with Gasteiger partial charge in [0.25, 0.3) is 0 Å². The van der Waals surface area contributed by atoms with Crippen molar-refractivity contribution in [2.75, 3.05) is 10.6 Å². The lowest BCUT2D eigenvalue weighted by atomic mass is 10.1. The van der Waals surface area contributed by atoms with Gasteiger partial charge in [-0.25, -0.2) is 0 Å². The highest BCUT2D eigenvalue weighted by Gasteiger charge is 2.34. The van der Waals surface area contributed by atoms with Gasteiger partial charge in [-0.15, -0.1) is 0 Å². The Bertz CT molecular complexity index is 1200. The maximum absolute atomic E-state index is 13.5. The summed E-state index contributed by atoms with van der Waals surface area (Å²) in [7, 11) is 0. The molecule has 1 heterocycles. The highest BCUT2D eigenvalue weighted by molar-refractivity contribution is 6.32. The number of amides is 1. The van der Waals surface area contributed by atoms with Crippen LogP contribution in [0.5, 0.6) is 0 Å². The molecule has 6 nitrogen and oxygen atoms in total. The van der Waals surface area contributed by atoms with E-state index in [-0.39, 0.29) is 17.8 Å². The minimum Gasteiger partial charge on any atom is -0.458 e. The third-order valence-corrected chi connectivity index (χ3v) is 5.56. The Morgan fingerprint density at radius 3 is 2.42 bits per heavy atom. The van der Waals surface area contributed by atoms with E-state index < -0.39 is 34.7 Å². The largest absolute Gasteiger partial charge is 0.458 e. The van der Waals surface area contributed by atoms with Crippen molar-refractivity contribution in [2.45, 2.75) is 45.4 Å². The smallest absolute Gasteiger partial charge is 0.417 e. The van der Waals surface area contributed by atoms with Crippen molar-refractivity contribution in [3.8, 4) is 0 Å². The number of aryl methyl sites for hydroxylation is 1. The Labute approximate surface area is 211 Å². The maximum Gasteiger partial charge on any atom is 0.417 e. The topological polar surface area (TPSA) is 80.3 Å². The van der Waals surface area contributed by atoms with Crippen LogP contribution in [0.4, 0.5) is 30.2 Å². The van der Waals surface area contributed by atoms with Gasteiger partial charge in [0.1, 0.15) is 6.10 Å². The summed E-state index contributed by atoms with van der Waals surface area (Å²) < 4.78 is 45.5. The van der Waals surface area contributed by atoms with Gasteiger partial charge < -0.3 is 15.4 Å². The zero-order valence-corrected chi connectivity index (χ0v) is 20.4. The van der Waals surface area contributed by atoms with E-state index in [1.165, 1.54) is 6.92 Å². The highest BCUT2D eigenvalue weighted by atomic mass is 35.5. The minimum atomic E-state index is -4.69. The molecule has 1 atom stereocenters. The minimum absolute atomic E-state index is 0.0491. The van der Waals surface area contributed by atoms with Crippen LogP contribution in [-0.4, -0.2) is 16.9 Å². The molecule has 0 radical (unpaired) electrons. The number of benzene rings is 2. The molecule has 0 aliphatic carbocycles. The summed E-state index contributed by atoms with van der Waals surface area (Å²) in [6, 6.07) is 14.2. The first-order valence-electron chi connectivity index (χ1n) is 11.2. The summed E-state index contributed by atoms with van der Waals surface area (Å²) in [4.78, 5) is 27.9. The average Bonchev–Trinajstić information content (AvgIpc) is 2.80. The van der Waals surface area contributed by atoms with Gasteiger partial charge in [-0.3, -0.25) is 14.6 Å². The number of ether oxygens (including phenoxy) is 1. The van der Waals surface area contributed by atoms with Crippen LogP contribution in [-0.2, 0) is 26.9 Å². The van der Waals surface area contributed by atoms with Crippen molar-refractivity contribution in [3.05, 3.63) is 82.6 Å². The van der Waals surface area contributed by atoms with Gasteiger partial charge in [-0.1, -0.05) is 29.8 Å². The fraction of sp³-hybridized carbons (Fsp3) is 0.269. The molecule has 1 aromatic heterocycles. The molecule has 0 aliphatic heterocycles. The van der Waals surface area contributed by atoms with Gasteiger partial charge in [0.15, 0.2) is 0 Å². The lowest BCUT2D eigenvalue weighted by molar-refractivity contribution is -0.145. The summed E-state index contributed by atoms with van der Waals surface area (Å²) in [6.07, 6.45) is -2.36. The van der Waals surface area contributed by atoms with Crippen LogP contribution in [0.3, 0.4) is 0 Å². The van der Waals surface area contributed by atoms with E-state index in [9.17, 15) is 22.8 Å². The third-order valence-electron chi connectivity index (χ3n) is 5.25. The van der Waals surface area contributed by atoms with Gasteiger partial charge in [-0.05, 0) is 61.7 Å². The number of rotatable bonds is 9. The van der Waals surface area contributed by atoms with Crippen molar-refractivity contribution in [1.82, 2.24) is 4.98 Å². The molecule has 190 valence electrons. The zero-order valence-electron chi connectivity index (χ0n) is 19.7. The number of halogens is 4. The summed E-state index contributed by atoms with van der Waals surface area (Å²) >= 11 is 5.93. The van der Waals surface area contributed by atoms with E-state index in [0.29, 0.717) is 18.5 Å². The van der Waals surface area contributed by atoms with E-state index >= 15 is 0 Å². The van der Waals surface area contributed by atoms with E-state index in [1.807, 2.05) is 12.1 Å². The number of anilines is 3. The second-order valence-corrected chi connectivity index (χ2v) is 8.50. The number of alkyl halides is 3. The molecule has 2 N–H and O–H groups in total. The molecule has 0 bridgehead atoms. The highest BCUT2D eigenvalue weighted by Crippen LogP contribution is 2.40. The second-order valence-electron chi connectivity index (χ2n) is 8.10. The Morgan fingerprint density at radius 2 is 1.81 bits per heavy atom. The lowest BCUT2D eigenvalue weighted by Gasteiger charge is -2.18. The first-order valence-corrected chi connectivity index (χ1v) is 11.6. The van der Waals surface area contributed by atoms with Crippen LogP contribution in [0.2, 0.25) is 5.02 Å². The van der Waals surface area contributed by atoms with Crippen molar-refractivity contribution in [1.29, 1.82) is 0 Å². The van der Waals surface area contributed by atoms with Crippen LogP contribution >= 0.6 is 11.6 Å². The first kappa shape index (κ1) is 27.0. The molecular weight excluding hydrogens is 495 g/mol. The fourth-order valence-corrected chi connectivity index (χ4v) is 3.77. The van der Waals surface area contributed by atoms with E-state index in [4.69, 9.17) is 16.3 Å². The van der Waals surface area contributed by atoms with Crippen LogP contribution in [0, 0.1) is 0 Å². The quantitative estimate of drug-likeness (QED) is 0.295. The lowest BCUT2D eigenvalue weighted by Crippen LogP contribution is -2.15. The van der Waals surface area contributed by atoms with Gasteiger partial charge >= 0.3 is 12.1 Å². The number of pyridine rings is 1. The average molecular weight is 520 g/mol. The van der Waals surface area contributed by atoms with Gasteiger partial charge in [0.05, 0.1) is 22.0 Å². The van der Waals surface area contributed by atoms with Gasteiger partial charge in [-0.2, -0.15) is 13.2 Å². The Kier molecular flexibility index (Phi) is 8.93. The van der Waals surface area contributed by atoms with Crippen LogP contribution in [0.1, 0.15) is 49.6 Å².